The van der Waals surface area contributed by atoms with Crippen molar-refractivity contribution >= 4 is 56.5 Å². The van der Waals surface area contributed by atoms with Crippen molar-refractivity contribution < 1.29 is 19.1 Å². The van der Waals surface area contributed by atoms with E-state index in [1.807, 2.05) is 50.3 Å². The molecule has 208 valence electrons. The van der Waals surface area contributed by atoms with Crippen LogP contribution in [0.1, 0.15) is 47.8 Å². The summed E-state index contributed by atoms with van der Waals surface area (Å²) in [7, 11) is 0. The molecule has 0 radical (unpaired) electrons. The summed E-state index contributed by atoms with van der Waals surface area (Å²) in [6.45, 7) is 3.69. The van der Waals surface area contributed by atoms with Crippen LogP contribution in [0, 0.1) is 6.92 Å². The molecule has 41 heavy (non-hydrogen) atoms. The van der Waals surface area contributed by atoms with Gasteiger partial charge in [-0.1, -0.05) is 25.1 Å². The van der Waals surface area contributed by atoms with Crippen molar-refractivity contribution in [2.75, 3.05) is 10.2 Å². The lowest BCUT2D eigenvalue weighted by molar-refractivity contribution is -0.121. The predicted octanol–water partition coefficient (Wildman–Crippen LogP) is 6.17. The van der Waals surface area contributed by atoms with Gasteiger partial charge >= 0.3 is 6.03 Å². The van der Waals surface area contributed by atoms with E-state index in [0.29, 0.717) is 56.6 Å². The van der Waals surface area contributed by atoms with E-state index in [9.17, 15) is 14.4 Å². The Morgan fingerprint density at radius 1 is 1.17 bits per heavy atom. The van der Waals surface area contributed by atoms with Gasteiger partial charge < -0.3 is 20.7 Å². The minimum absolute atomic E-state index is 0.0255. The molecule has 6 rings (SSSR count). The van der Waals surface area contributed by atoms with E-state index in [2.05, 4.69) is 25.9 Å². The minimum Gasteiger partial charge on any atom is -0.439 e. The molecule has 0 fully saturated rings. The molecule has 0 spiro atoms. The van der Waals surface area contributed by atoms with Crippen LogP contribution in [-0.4, -0.2) is 33.9 Å². The smallest absolute Gasteiger partial charge is 0.331 e. The number of thiophene rings is 1. The second-order valence-electron chi connectivity index (χ2n) is 9.87. The standard InChI is InChI=1S/C30H28N6O4S/c1-3-23(37)33-18-8-7-9-19(15-18)34-28(38)27-26-25-21(12-13-31-29(25)41-27)36(30(39)35-26)22-16-32-24(14-17(22)2)40-20-10-5-4-6-11-20/h4-6,10-16,18H,3,7-9H2,1-2H3,(H,33,37)(H,34,38)(H,35,39)/t18-/m0/s1. The molecule has 11 heteroatoms. The number of urea groups is 1. The topological polar surface area (TPSA) is 126 Å². The lowest BCUT2D eigenvalue weighted by Crippen LogP contribution is -2.37. The summed E-state index contributed by atoms with van der Waals surface area (Å²) in [5.41, 5.74) is 3.19. The number of aryl methyl sites for hydroxylation is 1. The monoisotopic (exact) mass is 568 g/mol. The number of amides is 4. The summed E-state index contributed by atoms with van der Waals surface area (Å²) in [6, 6.07) is 12.4. The number of hydrogen-bond acceptors (Lipinski definition) is 7. The number of rotatable bonds is 7. The average molecular weight is 569 g/mol. The molecule has 3 aromatic heterocycles. The molecule has 0 saturated carbocycles. The van der Waals surface area contributed by atoms with Crippen molar-refractivity contribution in [2.24, 2.45) is 0 Å². The van der Waals surface area contributed by atoms with Crippen LogP contribution in [0.5, 0.6) is 11.6 Å². The van der Waals surface area contributed by atoms with Gasteiger partial charge in [0.2, 0.25) is 11.8 Å². The number of para-hydroxylation sites is 1. The van der Waals surface area contributed by atoms with Crippen molar-refractivity contribution in [2.45, 2.75) is 45.6 Å². The number of benzene rings is 1. The van der Waals surface area contributed by atoms with E-state index in [0.717, 1.165) is 24.1 Å². The third-order valence-corrected chi connectivity index (χ3v) is 8.12. The molecule has 1 aromatic carbocycles. The summed E-state index contributed by atoms with van der Waals surface area (Å²) < 4.78 is 5.86. The molecule has 2 aliphatic rings. The third kappa shape index (κ3) is 5.23. The Balaban J connectivity index is 1.29. The molecule has 1 aliphatic heterocycles. The summed E-state index contributed by atoms with van der Waals surface area (Å²) in [4.78, 5) is 50.3. The van der Waals surface area contributed by atoms with Gasteiger partial charge in [0.15, 0.2) is 0 Å². The summed E-state index contributed by atoms with van der Waals surface area (Å²) in [5.74, 6) is 0.732. The van der Waals surface area contributed by atoms with Crippen LogP contribution < -0.4 is 25.6 Å². The number of hydrogen-bond donors (Lipinski definition) is 3. The Bertz CT molecular complexity index is 1700. The van der Waals surface area contributed by atoms with Gasteiger partial charge in [0.25, 0.3) is 5.91 Å². The van der Waals surface area contributed by atoms with E-state index >= 15 is 0 Å². The molecule has 10 nitrogen and oxygen atoms in total. The van der Waals surface area contributed by atoms with E-state index in [4.69, 9.17) is 4.74 Å². The van der Waals surface area contributed by atoms with Crippen LogP contribution in [-0.2, 0) is 4.79 Å². The molecule has 4 amide bonds. The lowest BCUT2D eigenvalue weighted by atomic mass is 9.99. The number of allylic oxidation sites excluding steroid dienone is 1. The van der Waals surface area contributed by atoms with E-state index in [1.54, 1.807) is 29.4 Å². The first-order valence-electron chi connectivity index (χ1n) is 13.4. The van der Waals surface area contributed by atoms with Gasteiger partial charge in [-0.3, -0.25) is 14.5 Å². The highest BCUT2D eigenvalue weighted by atomic mass is 32.1. The summed E-state index contributed by atoms with van der Waals surface area (Å²) in [6.07, 6.45) is 7.92. The second kappa shape index (κ2) is 11.0. The Morgan fingerprint density at radius 2 is 2.00 bits per heavy atom. The highest BCUT2D eigenvalue weighted by Gasteiger charge is 2.34. The fraction of sp³-hybridized carbons (Fsp3) is 0.233. The molecule has 4 heterocycles. The van der Waals surface area contributed by atoms with Gasteiger partial charge in [0, 0.05) is 30.4 Å². The number of nitrogens with one attached hydrogen (secondary N) is 3. The van der Waals surface area contributed by atoms with Gasteiger partial charge in [0.1, 0.15) is 15.5 Å². The quantitative estimate of drug-likeness (QED) is 0.245. The summed E-state index contributed by atoms with van der Waals surface area (Å²) in [5, 5.41) is 9.58. The highest BCUT2D eigenvalue weighted by molar-refractivity contribution is 7.21. The van der Waals surface area contributed by atoms with Crippen molar-refractivity contribution in [3.63, 3.8) is 0 Å². The van der Waals surface area contributed by atoms with Gasteiger partial charge in [-0.05, 0) is 56.0 Å². The molecule has 0 saturated heterocycles. The summed E-state index contributed by atoms with van der Waals surface area (Å²) >= 11 is 1.22. The molecule has 0 unspecified atom stereocenters. The van der Waals surface area contributed by atoms with Crippen molar-refractivity contribution in [3.05, 3.63) is 77.1 Å². The zero-order valence-corrected chi connectivity index (χ0v) is 23.4. The Labute approximate surface area is 240 Å². The van der Waals surface area contributed by atoms with Crippen LogP contribution in [0.3, 0.4) is 0 Å². The van der Waals surface area contributed by atoms with Gasteiger partial charge in [-0.25, -0.2) is 14.8 Å². The van der Waals surface area contributed by atoms with Crippen molar-refractivity contribution in [3.8, 4) is 11.6 Å². The molecule has 3 N–H and O–H groups in total. The number of carbonyl (C=O) groups is 3. The van der Waals surface area contributed by atoms with Crippen molar-refractivity contribution in [1.82, 2.24) is 20.6 Å². The normalized spacial score (nSPS) is 16.1. The van der Waals surface area contributed by atoms with Crippen LogP contribution in [0.2, 0.25) is 0 Å². The van der Waals surface area contributed by atoms with Crippen LogP contribution in [0.25, 0.3) is 10.2 Å². The third-order valence-electron chi connectivity index (χ3n) is 7.02. The molecule has 0 bridgehead atoms. The van der Waals surface area contributed by atoms with Crippen LogP contribution in [0.15, 0.2) is 66.6 Å². The first-order valence-corrected chi connectivity index (χ1v) is 14.3. The average Bonchev–Trinajstić information content (AvgIpc) is 3.34. The molecular weight excluding hydrogens is 540 g/mol. The maximum Gasteiger partial charge on any atom is 0.331 e. The number of pyridine rings is 2. The maximum atomic E-state index is 13.5. The minimum atomic E-state index is -0.404. The first-order chi connectivity index (χ1) is 19.9. The zero-order chi connectivity index (χ0) is 28.5. The SMILES string of the molecule is CCC(=O)N[C@@H]1C=C(NC(=O)c2sc3nccc4c3c2NC(=O)N4c2cnc(Oc3ccccc3)cc2C)CCC1. The highest BCUT2D eigenvalue weighted by Crippen LogP contribution is 2.46. The first kappa shape index (κ1) is 26.5. The Kier molecular flexibility index (Phi) is 7.10. The van der Waals surface area contributed by atoms with Crippen molar-refractivity contribution in [1.29, 1.82) is 0 Å². The Morgan fingerprint density at radius 3 is 2.78 bits per heavy atom. The fourth-order valence-electron chi connectivity index (χ4n) is 5.06. The van der Waals surface area contributed by atoms with Crippen LogP contribution in [0.4, 0.5) is 21.9 Å². The lowest BCUT2D eigenvalue weighted by Gasteiger charge is -2.29. The number of aromatic nitrogens is 2. The van der Waals surface area contributed by atoms with Gasteiger partial charge in [0.05, 0.1) is 28.6 Å². The molecular formula is C30H28N6O4S. The van der Waals surface area contributed by atoms with E-state index < -0.39 is 6.03 Å². The van der Waals surface area contributed by atoms with E-state index in [-0.39, 0.29) is 17.9 Å². The fourth-order valence-corrected chi connectivity index (χ4v) is 6.07. The maximum absolute atomic E-state index is 13.5. The zero-order valence-electron chi connectivity index (χ0n) is 22.6. The predicted molar refractivity (Wildman–Crippen MR) is 158 cm³/mol. The molecule has 1 aliphatic carbocycles. The van der Waals surface area contributed by atoms with Gasteiger partial charge in [-0.15, -0.1) is 11.3 Å². The number of ether oxygens (including phenoxy) is 1. The number of nitrogens with zero attached hydrogens (tertiary/aromatic N) is 3. The molecule has 4 aromatic rings. The van der Waals surface area contributed by atoms with Crippen LogP contribution >= 0.6 is 11.3 Å². The molecule has 1 atom stereocenters. The Hall–Kier alpha value is -4.77. The largest absolute Gasteiger partial charge is 0.439 e. The number of carbonyl (C=O) groups excluding carboxylic acids is 3. The van der Waals surface area contributed by atoms with Gasteiger partial charge in [-0.2, -0.15) is 0 Å². The second-order valence-corrected chi connectivity index (χ2v) is 10.9. The van der Waals surface area contributed by atoms with E-state index in [1.165, 1.54) is 11.3 Å². The number of anilines is 3.